The van der Waals surface area contributed by atoms with E-state index in [0.717, 1.165) is 26.8 Å². The Kier molecular flexibility index (Phi) is 2.99. The van der Waals surface area contributed by atoms with Crippen LogP contribution in [0.5, 0.6) is 0 Å². The van der Waals surface area contributed by atoms with Crippen molar-refractivity contribution in [3.05, 3.63) is 46.4 Å². The van der Waals surface area contributed by atoms with Crippen LogP contribution in [-0.2, 0) is 0 Å². The van der Waals surface area contributed by atoms with Gasteiger partial charge in [-0.2, -0.15) is 0 Å². The van der Waals surface area contributed by atoms with Crippen LogP contribution in [0.25, 0.3) is 20.8 Å². The molecule has 0 spiro atoms. The Morgan fingerprint density at radius 2 is 1.89 bits per heavy atom. The quantitative estimate of drug-likeness (QED) is 0.658. The van der Waals surface area contributed by atoms with E-state index in [2.05, 4.69) is 20.9 Å². The predicted octanol–water partition coefficient (Wildman–Crippen LogP) is 4.59. The van der Waals surface area contributed by atoms with E-state index < -0.39 is 11.6 Å². The van der Waals surface area contributed by atoms with Crippen LogP contribution in [0.2, 0.25) is 0 Å². The normalized spacial score (nSPS) is 11.1. The first-order valence-electron chi connectivity index (χ1n) is 5.36. The zero-order chi connectivity index (χ0) is 13.6. The summed E-state index contributed by atoms with van der Waals surface area (Å²) in [6.45, 7) is 0. The molecule has 0 aliphatic rings. The number of nitrogens with zero attached hydrogens (tertiary/aromatic N) is 1. The first kappa shape index (κ1) is 12.5. The van der Waals surface area contributed by atoms with Crippen LogP contribution in [0.15, 0.2) is 34.8 Å². The van der Waals surface area contributed by atoms with Gasteiger partial charge in [0.25, 0.3) is 0 Å². The standard InChI is InChI=1S/C13H7BrF2N2S/c14-11-9(17)3-4-10-12(11)18-13(19-10)6-1-2-7(15)8(16)5-6/h1-5H,17H2. The number of nitrogen functional groups attached to an aromatic ring is 1. The summed E-state index contributed by atoms with van der Waals surface area (Å²) in [5, 5.41) is 0.625. The summed E-state index contributed by atoms with van der Waals surface area (Å²) < 4.78 is 27.8. The van der Waals surface area contributed by atoms with Crippen LogP contribution >= 0.6 is 27.3 Å². The lowest BCUT2D eigenvalue weighted by Crippen LogP contribution is -1.86. The van der Waals surface area contributed by atoms with Gasteiger partial charge in [0.2, 0.25) is 0 Å². The van der Waals surface area contributed by atoms with E-state index in [9.17, 15) is 8.78 Å². The van der Waals surface area contributed by atoms with Gasteiger partial charge in [-0.15, -0.1) is 11.3 Å². The van der Waals surface area contributed by atoms with Crippen LogP contribution in [0.4, 0.5) is 14.5 Å². The minimum atomic E-state index is -0.879. The lowest BCUT2D eigenvalue weighted by molar-refractivity contribution is 0.509. The molecule has 0 atom stereocenters. The highest BCUT2D eigenvalue weighted by Gasteiger charge is 2.12. The first-order chi connectivity index (χ1) is 9.06. The second-order valence-electron chi connectivity index (χ2n) is 3.96. The highest BCUT2D eigenvalue weighted by atomic mass is 79.9. The predicted molar refractivity (Wildman–Crippen MR) is 77.1 cm³/mol. The summed E-state index contributed by atoms with van der Waals surface area (Å²) in [6.07, 6.45) is 0. The fourth-order valence-corrected chi connectivity index (χ4v) is 3.27. The van der Waals surface area contributed by atoms with Gasteiger partial charge in [0, 0.05) is 11.3 Å². The highest BCUT2D eigenvalue weighted by molar-refractivity contribution is 9.10. The van der Waals surface area contributed by atoms with E-state index in [1.165, 1.54) is 17.4 Å². The molecule has 0 unspecified atom stereocenters. The largest absolute Gasteiger partial charge is 0.398 e. The van der Waals surface area contributed by atoms with E-state index in [1.807, 2.05) is 6.07 Å². The molecule has 0 saturated carbocycles. The van der Waals surface area contributed by atoms with Crippen LogP contribution in [0.1, 0.15) is 0 Å². The summed E-state index contributed by atoms with van der Waals surface area (Å²) >= 11 is 4.78. The molecule has 3 aromatic rings. The Balaban J connectivity index is 2.20. The Hall–Kier alpha value is -1.53. The van der Waals surface area contributed by atoms with Gasteiger partial charge in [0.1, 0.15) is 5.01 Å². The van der Waals surface area contributed by atoms with Crippen molar-refractivity contribution in [3.8, 4) is 10.6 Å². The summed E-state index contributed by atoms with van der Waals surface area (Å²) in [4.78, 5) is 4.42. The maximum atomic E-state index is 13.2. The van der Waals surface area contributed by atoms with E-state index in [4.69, 9.17) is 5.73 Å². The van der Waals surface area contributed by atoms with E-state index in [1.54, 1.807) is 6.07 Å². The van der Waals surface area contributed by atoms with Crippen LogP contribution in [0.3, 0.4) is 0 Å². The van der Waals surface area contributed by atoms with Gasteiger partial charge in [0.15, 0.2) is 11.6 Å². The smallest absolute Gasteiger partial charge is 0.159 e. The number of hydrogen-bond acceptors (Lipinski definition) is 3. The Morgan fingerprint density at radius 1 is 1.11 bits per heavy atom. The third kappa shape index (κ3) is 2.11. The zero-order valence-corrected chi connectivity index (χ0v) is 11.9. The van der Waals surface area contributed by atoms with Crippen LogP contribution in [-0.4, -0.2) is 4.98 Å². The molecule has 1 aromatic heterocycles. The maximum Gasteiger partial charge on any atom is 0.159 e. The molecule has 0 radical (unpaired) electrons. The number of halogens is 3. The lowest BCUT2D eigenvalue weighted by atomic mass is 10.2. The van der Waals surface area contributed by atoms with Crippen molar-refractivity contribution in [1.29, 1.82) is 0 Å². The number of rotatable bonds is 1. The fraction of sp³-hybridized carbons (Fsp3) is 0. The van der Waals surface area contributed by atoms with Gasteiger partial charge >= 0.3 is 0 Å². The molecular formula is C13H7BrF2N2S. The molecule has 2 nitrogen and oxygen atoms in total. The number of nitrogens with two attached hydrogens (primary N) is 1. The first-order valence-corrected chi connectivity index (χ1v) is 6.97. The van der Waals surface area contributed by atoms with Crippen molar-refractivity contribution in [2.24, 2.45) is 0 Å². The fourth-order valence-electron chi connectivity index (χ4n) is 1.73. The SMILES string of the molecule is Nc1ccc2sc(-c3ccc(F)c(F)c3)nc2c1Br. The molecule has 0 aliphatic heterocycles. The maximum absolute atomic E-state index is 13.2. The van der Waals surface area contributed by atoms with Gasteiger partial charge < -0.3 is 5.73 Å². The van der Waals surface area contributed by atoms with Crippen LogP contribution < -0.4 is 5.73 Å². The molecule has 2 N–H and O–H groups in total. The third-order valence-corrected chi connectivity index (χ3v) is 4.60. The van der Waals surface area contributed by atoms with Crippen LogP contribution in [0, 0.1) is 11.6 Å². The monoisotopic (exact) mass is 340 g/mol. The molecular weight excluding hydrogens is 334 g/mol. The van der Waals surface area contributed by atoms with Gasteiger partial charge in [-0.3, -0.25) is 0 Å². The molecule has 6 heteroatoms. The van der Waals surface area contributed by atoms with Gasteiger partial charge in [-0.1, -0.05) is 0 Å². The van der Waals surface area contributed by atoms with E-state index in [0.29, 0.717) is 16.3 Å². The van der Waals surface area contributed by atoms with Crippen molar-refractivity contribution in [2.45, 2.75) is 0 Å². The van der Waals surface area contributed by atoms with Gasteiger partial charge in [-0.25, -0.2) is 13.8 Å². The Bertz CT molecular complexity index is 786. The average molecular weight is 341 g/mol. The second-order valence-corrected chi connectivity index (χ2v) is 5.79. The molecule has 2 aromatic carbocycles. The molecule has 1 heterocycles. The number of aromatic nitrogens is 1. The molecule has 96 valence electrons. The minimum Gasteiger partial charge on any atom is -0.398 e. The number of thiazole rings is 1. The van der Waals surface area contributed by atoms with Crippen molar-refractivity contribution in [2.75, 3.05) is 5.73 Å². The van der Waals surface area contributed by atoms with E-state index >= 15 is 0 Å². The number of hydrogen-bond donors (Lipinski definition) is 1. The molecule has 3 rings (SSSR count). The summed E-state index contributed by atoms with van der Waals surface area (Å²) in [5.74, 6) is -1.74. The van der Waals surface area contributed by atoms with E-state index in [-0.39, 0.29) is 0 Å². The topological polar surface area (TPSA) is 38.9 Å². The minimum absolute atomic E-state index is 0.547. The lowest BCUT2D eigenvalue weighted by Gasteiger charge is -1.97. The second kappa shape index (κ2) is 4.54. The number of anilines is 1. The summed E-state index contributed by atoms with van der Waals surface area (Å²) in [7, 11) is 0. The van der Waals surface area contributed by atoms with Crippen molar-refractivity contribution in [1.82, 2.24) is 4.98 Å². The van der Waals surface area contributed by atoms with Gasteiger partial charge in [-0.05, 0) is 46.3 Å². The molecule has 0 amide bonds. The molecule has 0 bridgehead atoms. The van der Waals surface area contributed by atoms with Gasteiger partial charge in [0.05, 0.1) is 14.7 Å². The Labute approximate surface area is 120 Å². The molecule has 0 saturated heterocycles. The summed E-state index contributed by atoms with van der Waals surface area (Å²) in [6, 6.07) is 7.38. The zero-order valence-electron chi connectivity index (χ0n) is 9.45. The van der Waals surface area contributed by atoms with Crippen molar-refractivity contribution < 1.29 is 8.78 Å². The molecule has 0 fully saturated rings. The molecule has 0 aliphatic carbocycles. The molecule has 19 heavy (non-hydrogen) atoms. The van der Waals surface area contributed by atoms with Crippen molar-refractivity contribution in [3.63, 3.8) is 0 Å². The average Bonchev–Trinajstić information content (AvgIpc) is 2.82. The summed E-state index contributed by atoms with van der Waals surface area (Å²) in [5.41, 5.74) is 7.65. The Morgan fingerprint density at radius 3 is 2.63 bits per heavy atom. The highest BCUT2D eigenvalue weighted by Crippen LogP contribution is 2.36. The number of benzene rings is 2. The third-order valence-electron chi connectivity index (χ3n) is 2.70. The number of fused-ring (bicyclic) bond motifs is 1. The van der Waals surface area contributed by atoms with Crippen molar-refractivity contribution >= 4 is 43.2 Å².